The van der Waals surface area contributed by atoms with E-state index < -0.39 is 11.4 Å². The quantitative estimate of drug-likeness (QED) is 0.467. The van der Waals surface area contributed by atoms with Crippen molar-refractivity contribution < 1.29 is 9.90 Å². The van der Waals surface area contributed by atoms with Crippen molar-refractivity contribution in [3.63, 3.8) is 0 Å². The van der Waals surface area contributed by atoms with Crippen LogP contribution in [0.2, 0.25) is 0 Å². The summed E-state index contributed by atoms with van der Waals surface area (Å²) in [6.07, 6.45) is 5.88. The minimum absolute atomic E-state index is 0.00908. The zero-order chi connectivity index (χ0) is 21.2. The fourth-order valence-electron chi connectivity index (χ4n) is 4.56. The van der Waals surface area contributed by atoms with Crippen molar-refractivity contribution in [3.05, 3.63) is 64.2 Å². The molecule has 0 spiro atoms. The molecule has 0 fully saturated rings. The first-order valence-electron chi connectivity index (χ1n) is 9.88. The van der Waals surface area contributed by atoms with Crippen LogP contribution in [-0.4, -0.2) is 30.8 Å². The molecule has 0 radical (unpaired) electrons. The molecule has 4 aromatic rings. The number of rotatable bonds is 2. The molecule has 7 nitrogen and oxygen atoms in total. The summed E-state index contributed by atoms with van der Waals surface area (Å²) in [5, 5.41) is 17.7. The zero-order valence-corrected chi connectivity index (χ0v) is 17.0. The average Bonchev–Trinajstić information content (AvgIpc) is 3.37. The van der Waals surface area contributed by atoms with Gasteiger partial charge in [-0.15, -0.1) is 0 Å². The molecule has 3 N–H and O–H groups in total. The van der Waals surface area contributed by atoms with Gasteiger partial charge in [-0.3, -0.25) is 9.89 Å². The van der Waals surface area contributed by atoms with E-state index in [2.05, 4.69) is 48.1 Å². The van der Waals surface area contributed by atoms with Gasteiger partial charge in [0.25, 0.3) is 0 Å². The van der Waals surface area contributed by atoms with E-state index in [-0.39, 0.29) is 17.0 Å². The van der Waals surface area contributed by atoms with Crippen LogP contribution in [0.3, 0.4) is 0 Å². The molecule has 7 heteroatoms. The molecular formula is C23H22N4O3. The molecule has 152 valence electrons. The molecule has 0 amide bonds. The Bertz CT molecular complexity index is 1350. The van der Waals surface area contributed by atoms with Crippen molar-refractivity contribution in [2.45, 2.75) is 33.2 Å². The number of carbonyl (C=O) groups is 1. The van der Waals surface area contributed by atoms with Crippen molar-refractivity contribution in [2.75, 3.05) is 0 Å². The summed E-state index contributed by atoms with van der Waals surface area (Å²) in [7, 11) is 0. The number of pyridine rings is 1. The van der Waals surface area contributed by atoms with Crippen molar-refractivity contribution in [3.8, 4) is 22.5 Å². The molecule has 0 unspecified atom stereocenters. The SMILES string of the molecule is CC(C)(C)[C@@H]1Cc2c(cc(-c3ccn[nH]3)c3[nH]ccc23)-c2cc(=O)c(C(=O)O)cn21. The Kier molecular flexibility index (Phi) is 3.80. The maximum Gasteiger partial charge on any atom is 0.341 e. The van der Waals surface area contributed by atoms with Gasteiger partial charge in [0.2, 0.25) is 0 Å². The van der Waals surface area contributed by atoms with Gasteiger partial charge in [0, 0.05) is 47.2 Å². The molecule has 0 bridgehead atoms. The Balaban J connectivity index is 1.88. The van der Waals surface area contributed by atoms with E-state index in [1.165, 1.54) is 12.3 Å². The smallest absolute Gasteiger partial charge is 0.341 e. The van der Waals surface area contributed by atoms with Crippen molar-refractivity contribution in [2.24, 2.45) is 5.41 Å². The predicted molar refractivity (Wildman–Crippen MR) is 115 cm³/mol. The van der Waals surface area contributed by atoms with E-state index in [4.69, 9.17) is 0 Å². The van der Waals surface area contributed by atoms with Gasteiger partial charge in [-0.1, -0.05) is 20.8 Å². The highest BCUT2D eigenvalue weighted by molar-refractivity contribution is 6.00. The number of H-pyrrole nitrogens is 2. The molecule has 30 heavy (non-hydrogen) atoms. The number of aromatic carboxylic acids is 1. The maximum absolute atomic E-state index is 12.6. The highest BCUT2D eigenvalue weighted by atomic mass is 16.4. The first-order valence-corrected chi connectivity index (χ1v) is 9.88. The molecule has 1 atom stereocenters. The molecule has 1 aromatic carbocycles. The molecule has 1 aliphatic rings. The summed E-state index contributed by atoms with van der Waals surface area (Å²) in [4.78, 5) is 27.6. The standard InChI is InChI=1S/C23H22N4O3/c1-23(2,3)20-9-13-12-4-6-24-21(12)15(17-5-7-25-26-17)8-14(13)18-10-19(28)16(22(29)30)11-27(18)20/h4-8,10-11,20,24H,9H2,1-3H3,(H,25,26)(H,29,30)/t20-/m0/s1. The second-order valence-electron chi connectivity index (χ2n) is 8.92. The van der Waals surface area contributed by atoms with E-state index in [1.54, 1.807) is 6.20 Å². The van der Waals surface area contributed by atoms with Crippen LogP contribution in [-0.2, 0) is 6.42 Å². The molecule has 0 saturated carbocycles. The summed E-state index contributed by atoms with van der Waals surface area (Å²) in [6, 6.07) is 7.51. The Morgan fingerprint density at radius 2 is 2.03 bits per heavy atom. The lowest BCUT2D eigenvalue weighted by Crippen LogP contribution is -2.33. The van der Waals surface area contributed by atoms with Crippen molar-refractivity contribution in [1.82, 2.24) is 19.7 Å². The van der Waals surface area contributed by atoms with Gasteiger partial charge in [-0.2, -0.15) is 5.10 Å². The lowest BCUT2D eigenvalue weighted by Gasteiger charge is -2.39. The normalized spacial score (nSPS) is 15.8. The van der Waals surface area contributed by atoms with Crippen LogP contribution in [0, 0.1) is 5.41 Å². The highest BCUT2D eigenvalue weighted by Crippen LogP contribution is 2.46. The lowest BCUT2D eigenvalue weighted by molar-refractivity contribution is 0.0693. The van der Waals surface area contributed by atoms with Crippen LogP contribution in [0.15, 0.2) is 47.7 Å². The topological polar surface area (TPSA) is 104 Å². The Hall–Kier alpha value is -3.61. The molecule has 3 aromatic heterocycles. The monoisotopic (exact) mass is 402 g/mol. The number of hydrogen-bond acceptors (Lipinski definition) is 3. The van der Waals surface area contributed by atoms with E-state index >= 15 is 0 Å². The molecule has 1 aliphatic heterocycles. The fraction of sp³-hybridized carbons (Fsp3) is 0.261. The first-order chi connectivity index (χ1) is 14.3. The lowest BCUT2D eigenvalue weighted by atomic mass is 9.77. The number of nitrogens with zero attached hydrogens (tertiary/aromatic N) is 2. The Morgan fingerprint density at radius 1 is 1.23 bits per heavy atom. The zero-order valence-electron chi connectivity index (χ0n) is 17.0. The number of carboxylic acid groups (broad SMARTS) is 1. The van der Waals surface area contributed by atoms with Crippen LogP contribution in [0.4, 0.5) is 0 Å². The van der Waals surface area contributed by atoms with Crippen LogP contribution in [0.25, 0.3) is 33.4 Å². The van der Waals surface area contributed by atoms with Gasteiger partial charge in [0.1, 0.15) is 5.56 Å². The molecule has 4 heterocycles. The third-order valence-corrected chi connectivity index (χ3v) is 6.07. The number of fused-ring (bicyclic) bond motifs is 5. The third kappa shape index (κ3) is 2.62. The van der Waals surface area contributed by atoms with Crippen LogP contribution in [0.5, 0.6) is 0 Å². The number of hydrogen-bond donors (Lipinski definition) is 3. The van der Waals surface area contributed by atoms with E-state index in [0.717, 1.165) is 45.4 Å². The summed E-state index contributed by atoms with van der Waals surface area (Å²) < 4.78 is 1.97. The summed E-state index contributed by atoms with van der Waals surface area (Å²) in [5.74, 6) is -1.20. The summed E-state index contributed by atoms with van der Waals surface area (Å²) >= 11 is 0. The minimum Gasteiger partial charge on any atom is -0.477 e. The largest absolute Gasteiger partial charge is 0.477 e. The van der Waals surface area contributed by atoms with Gasteiger partial charge in [0.05, 0.1) is 16.9 Å². The molecule has 0 aliphatic carbocycles. The minimum atomic E-state index is -1.20. The average molecular weight is 402 g/mol. The Morgan fingerprint density at radius 3 is 2.70 bits per heavy atom. The number of benzene rings is 1. The van der Waals surface area contributed by atoms with Crippen LogP contribution in [0.1, 0.15) is 42.7 Å². The van der Waals surface area contributed by atoms with Crippen molar-refractivity contribution >= 4 is 16.9 Å². The van der Waals surface area contributed by atoms with Gasteiger partial charge < -0.3 is 14.7 Å². The third-order valence-electron chi connectivity index (χ3n) is 6.07. The first kappa shape index (κ1) is 18.4. The van der Waals surface area contributed by atoms with Gasteiger partial charge in [0.15, 0.2) is 5.43 Å². The fourth-order valence-corrected chi connectivity index (χ4v) is 4.56. The molecule has 5 rings (SSSR count). The summed E-state index contributed by atoms with van der Waals surface area (Å²) in [5.41, 5.74) is 4.89. The predicted octanol–water partition coefficient (Wildman–Crippen LogP) is 4.23. The summed E-state index contributed by atoms with van der Waals surface area (Å²) in [6.45, 7) is 6.41. The number of carboxylic acids is 1. The number of aromatic amines is 2. The maximum atomic E-state index is 12.6. The van der Waals surface area contributed by atoms with Crippen molar-refractivity contribution in [1.29, 1.82) is 0 Å². The van der Waals surface area contributed by atoms with Crippen LogP contribution < -0.4 is 5.43 Å². The Labute approximate surface area is 172 Å². The second-order valence-corrected chi connectivity index (χ2v) is 8.92. The highest BCUT2D eigenvalue weighted by Gasteiger charge is 2.35. The van der Waals surface area contributed by atoms with Gasteiger partial charge >= 0.3 is 5.97 Å². The number of aromatic nitrogens is 4. The van der Waals surface area contributed by atoms with Gasteiger partial charge in [-0.25, -0.2) is 4.79 Å². The van der Waals surface area contributed by atoms with E-state index in [0.29, 0.717) is 0 Å². The van der Waals surface area contributed by atoms with Crippen LogP contribution >= 0.6 is 0 Å². The molecule has 0 saturated heterocycles. The van der Waals surface area contributed by atoms with Gasteiger partial charge in [-0.05, 0) is 35.6 Å². The number of nitrogens with one attached hydrogen (secondary N) is 2. The second kappa shape index (κ2) is 6.19. The van der Waals surface area contributed by atoms with E-state index in [1.807, 2.05) is 16.8 Å². The molecular weight excluding hydrogens is 380 g/mol. The van der Waals surface area contributed by atoms with E-state index in [9.17, 15) is 14.7 Å².